The van der Waals surface area contributed by atoms with E-state index >= 15 is 0 Å². The molecule has 0 bridgehead atoms. The van der Waals surface area contributed by atoms with Crippen LogP contribution in [0.1, 0.15) is 0 Å². The minimum absolute atomic E-state index is 0.604. The predicted molar refractivity (Wildman–Crippen MR) is 284 cm³/mol. The van der Waals surface area contributed by atoms with Crippen LogP contribution < -0.4 is 9.80 Å². The molecule has 4 heterocycles. The summed E-state index contributed by atoms with van der Waals surface area (Å²) in [6, 6.07) is 68.6. The molecule has 14 aromatic rings. The Hall–Kier alpha value is -7.32. The van der Waals surface area contributed by atoms with Gasteiger partial charge in [0.1, 0.15) is 22.3 Å². The van der Waals surface area contributed by atoms with Crippen molar-refractivity contribution in [1.29, 1.82) is 0 Å². The van der Waals surface area contributed by atoms with E-state index < -0.39 is 0 Å². The molecule has 14 rings (SSSR count). The maximum Gasteiger partial charge on any atom is 0.145 e. The van der Waals surface area contributed by atoms with Crippen molar-refractivity contribution in [3.05, 3.63) is 204 Å². The molecule has 0 amide bonds. The molecule has 66 heavy (non-hydrogen) atoms. The highest BCUT2D eigenvalue weighted by atomic mass is 35.5. The Kier molecular flexibility index (Phi) is 8.40. The van der Waals surface area contributed by atoms with Crippen LogP contribution in [0.2, 0.25) is 10.0 Å². The highest BCUT2D eigenvalue weighted by Gasteiger charge is 2.29. The highest BCUT2D eigenvalue weighted by molar-refractivity contribution is 7.26. The fourth-order valence-electron chi connectivity index (χ4n) is 10.0. The van der Waals surface area contributed by atoms with E-state index in [2.05, 4.69) is 180 Å². The Bertz CT molecular complexity index is 4010. The summed E-state index contributed by atoms with van der Waals surface area (Å²) in [5.41, 5.74) is 8.77. The molecule has 0 N–H and O–H groups in total. The van der Waals surface area contributed by atoms with E-state index in [9.17, 15) is 0 Å². The van der Waals surface area contributed by atoms with Gasteiger partial charge >= 0.3 is 0 Å². The summed E-state index contributed by atoms with van der Waals surface area (Å²) in [6.07, 6.45) is 0. The Balaban J connectivity index is 1.19. The third-order valence-electron chi connectivity index (χ3n) is 12.9. The number of nitrogens with zero attached hydrogens (tertiary/aromatic N) is 2. The van der Waals surface area contributed by atoms with Gasteiger partial charge in [-0.15, -0.1) is 22.7 Å². The van der Waals surface area contributed by atoms with Crippen molar-refractivity contribution in [2.75, 3.05) is 9.80 Å². The SMILES string of the molecule is Clc1ccc2c(c1)oc1c2cc(N(c2ccccc2)c2ccc3sc4ccccc4c3c2)c2c3oc4cc(Cl)ccc4c3cc(N(c3ccccc3)c3ccc4sc5ccccc5c4c3)c12. The number of rotatable bonds is 6. The topological polar surface area (TPSA) is 32.8 Å². The molecule has 0 fully saturated rings. The van der Waals surface area contributed by atoms with Crippen molar-refractivity contribution in [2.24, 2.45) is 0 Å². The third-order valence-corrected chi connectivity index (χ3v) is 15.7. The van der Waals surface area contributed by atoms with Crippen molar-refractivity contribution >= 4 is 175 Å². The van der Waals surface area contributed by atoms with Crippen molar-refractivity contribution in [2.45, 2.75) is 0 Å². The van der Waals surface area contributed by atoms with E-state index in [1.165, 1.54) is 40.3 Å². The van der Waals surface area contributed by atoms with E-state index in [0.29, 0.717) is 21.2 Å². The normalized spacial score (nSPS) is 12.1. The lowest BCUT2D eigenvalue weighted by Crippen LogP contribution is -2.13. The molecular formula is C58H32Cl2N2O2S2. The van der Waals surface area contributed by atoms with Crippen molar-refractivity contribution in [3.63, 3.8) is 0 Å². The standard InChI is InChI=1S/C58H32Cl2N2O2S2/c59-33-19-23-39-45-31-47(61(35-11-3-1-4-12-35)37-21-25-53-43(29-37)41-15-7-9-17-51(41)65-53)55-56(58(45)64-49(39)27-33)48(32-46-40-24-20-34(60)28-50(40)63-57(46)55)62(36-13-5-2-6-14-36)38-22-26-54-44(30-38)42-16-8-10-18-52(42)66-54/h1-32H. The first-order valence-corrected chi connectivity index (χ1v) is 24.1. The van der Waals surface area contributed by atoms with Crippen molar-refractivity contribution < 1.29 is 8.83 Å². The first-order valence-electron chi connectivity index (χ1n) is 21.7. The van der Waals surface area contributed by atoms with Gasteiger partial charge in [0.2, 0.25) is 0 Å². The molecule has 0 atom stereocenters. The van der Waals surface area contributed by atoms with Crippen LogP contribution in [0.5, 0.6) is 0 Å². The maximum absolute atomic E-state index is 7.12. The zero-order valence-electron chi connectivity index (χ0n) is 34.8. The van der Waals surface area contributed by atoms with E-state index in [0.717, 1.165) is 77.6 Å². The van der Waals surface area contributed by atoms with Gasteiger partial charge in [-0.05, 0) is 109 Å². The quantitative estimate of drug-likeness (QED) is 0.166. The second-order valence-electron chi connectivity index (χ2n) is 16.7. The van der Waals surface area contributed by atoms with Crippen molar-refractivity contribution in [1.82, 2.24) is 0 Å². The smallest absolute Gasteiger partial charge is 0.145 e. The molecule has 0 aliphatic carbocycles. The first kappa shape index (κ1) is 38.0. The van der Waals surface area contributed by atoms with Crippen LogP contribution in [0.15, 0.2) is 203 Å². The van der Waals surface area contributed by atoms with E-state index in [1.54, 1.807) is 0 Å². The van der Waals surface area contributed by atoms with Gasteiger partial charge in [0.25, 0.3) is 0 Å². The lowest BCUT2D eigenvalue weighted by atomic mass is 9.96. The molecule has 0 radical (unpaired) electrons. The summed E-state index contributed by atoms with van der Waals surface area (Å²) >= 11 is 17.1. The molecule has 0 aliphatic heterocycles. The third kappa shape index (κ3) is 5.76. The number of hydrogen-bond acceptors (Lipinski definition) is 6. The summed E-state index contributed by atoms with van der Waals surface area (Å²) in [6.45, 7) is 0. The van der Waals surface area contributed by atoms with Crippen LogP contribution in [0.3, 0.4) is 0 Å². The number of furan rings is 2. The number of anilines is 6. The molecule has 4 nitrogen and oxygen atoms in total. The minimum atomic E-state index is 0.604. The molecule has 4 aromatic heterocycles. The number of halogens is 2. The summed E-state index contributed by atoms with van der Waals surface area (Å²) < 4.78 is 19.2. The van der Waals surface area contributed by atoms with E-state index in [-0.39, 0.29) is 0 Å². The van der Waals surface area contributed by atoms with Crippen LogP contribution in [-0.2, 0) is 0 Å². The Morgan fingerprint density at radius 3 is 1.18 bits per heavy atom. The van der Waals surface area contributed by atoms with Gasteiger partial charge in [0, 0.05) is 107 Å². The van der Waals surface area contributed by atoms with E-state index in [1.807, 2.05) is 46.9 Å². The second-order valence-corrected chi connectivity index (χ2v) is 19.7. The van der Waals surface area contributed by atoms with Gasteiger partial charge in [-0.1, -0.05) is 96.0 Å². The van der Waals surface area contributed by atoms with Gasteiger partial charge in [-0.25, -0.2) is 0 Å². The zero-order chi connectivity index (χ0) is 43.6. The van der Waals surface area contributed by atoms with Gasteiger partial charge in [-0.3, -0.25) is 0 Å². The summed E-state index contributed by atoms with van der Waals surface area (Å²) in [5, 5.41) is 11.7. The average molecular weight is 924 g/mol. The molecule has 0 saturated carbocycles. The largest absolute Gasteiger partial charge is 0.455 e. The lowest BCUT2D eigenvalue weighted by Gasteiger charge is -2.30. The molecule has 0 saturated heterocycles. The summed E-state index contributed by atoms with van der Waals surface area (Å²) in [5.74, 6) is 0. The number of para-hydroxylation sites is 2. The lowest BCUT2D eigenvalue weighted by molar-refractivity contribution is 0.669. The number of thiophene rings is 2. The number of benzene rings is 10. The fraction of sp³-hybridized carbons (Fsp3) is 0. The monoisotopic (exact) mass is 922 g/mol. The Labute approximate surface area is 395 Å². The fourth-order valence-corrected chi connectivity index (χ4v) is 12.5. The van der Waals surface area contributed by atoms with E-state index in [4.69, 9.17) is 32.0 Å². The predicted octanol–water partition coefficient (Wildman–Crippen LogP) is 19.6. The van der Waals surface area contributed by atoms with Crippen LogP contribution >= 0.6 is 45.9 Å². The Morgan fingerprint density at radius 1 is 0.318 bits per heavy atom. The average Bonchev–Trinajstić information content (AvgIpc) is 4.12. The van der Waals surface area contributed by atoms with Crippen LogP contribution in [0.4, 0.5) is 34.1 Å². The van der Waals surface area contributed by atoms with Crippen LogP contribution in [-0.4, -0.2) is 0 Å². The molecule has 0 unspecified atom stereocenters. The molecule has 312 valence electrons. The van der Waals surface area contributed by atoms with Gasteiger partial charge in [-0.2, -0.15) is 0 Å². The number of hydrogen-bond donors (Lipinski definition) is 0. The summed E-state index contributed by atoms with van der Waals surface area (Å²) in [4.78, 5) is 4.75. The van der Waals surface area contributed by atoms with Gasteiger partial charge < -0.3 is 18.6 Å². The summed E-state index contributed by atoms with van der Waals surface area (Å²) in [7, 11) is 0. The molecule has 10 aromatic carbocycles. The molecule has 0 spiro atoms. The maximum atomic E-state index is 7.12. The molecular weight excluding hydrogens is 892 g/mol. The minimum Gasteiger partial charge on any atom is -0.455 e. The van der Waals surface area contributed by atoms with Crippen LogP contribution in [0.25, 0.3) is 95.0 Å². The van der Waals surface area contributed by atoms with Gasteiger partial charge in [0.15, 0.2) is 0 Å². The molecule has 8 heteroatoms. The first-order chi connectivity index (χ1) is 32.5. The molecule has 0 aliphatic rings. The Morgan fingerprint density at radius 2 is 0.727 bits per heavy atom. The zero-order valence-corrected chi connectivity index (χ0v) is 37.9. The number of fused-ring (bicyclic) bond motifs is 15. The van der Waals surface area contributed by atoms with Crippen molar-refractivity contribution in [3.8, 4) is 0 Å². The highest BCUT2D eigenvalue weighted by Crippen LogP contribution is 2.54. The van der Waals surface area contributed by atoms with Crippen LogP contribution in [0, 0.1) is 0 Å². The second kappa shape index (κ2) is 14.6. The van der Waals surface area contributed by atoms with Gasteiger partial charge in [0.05, 0.1) is 22.1 Å².